The fourth-order valence-electron chi connectivity index (χ4n) is 2.58. The summed E-state index contributed by atoms with van der Waals surface area (Å²) in [4.78, 5) is 12.0. The number of carbonyl (C=O) groups is 1. The third kappa shape index (κ3) is 5.23. The van der Waals surface area contributed by atoms with E-state index in [1.807, 2.05) is 24.3 Å². The van der Waals surface area contributed by atoms with Crippen molar-refractivity contribution >= 4 is 11.6 Å². The molecule has 1 aliphatic carbocycles. The molecule has 1 amide bonds. The average molecular weight is 288 g/mol. The van der Waals surface area contributed by atoms with Gasteiger partial charge in [-0.1, -0.05) is 44.1 Å². The van der Waals surface area contributed by atoms with Crippen LogP contribution >= 0.6 is 0 Å². The van der Waals surface area contributed by atoms with Gasteiger partial charge in [-0.3, -0.25) is 4.79 Å². The topological polar surface area (TPSA) is 50.4 Å². The van der Waals surface area contributed by atoms with Crippen molar-refractivity contribution in [1.82, 2.24) is 5.32 Å². The Bertz CT molecular complexity index is 468. The molecule has 2 N–H and O–H groups in total. The van der Waals surface area contributed by atoms with Crippen molar-refractivity contribution in [2.75, 3.05) is 18.5 Å². The second kappa shape index (κ2) is 8.47. The maximum absolute atomic E-state index is 12.0. The molecule has 1 saturated carbocycles. The summed E-state index contributed by atoms with van der Waals surface area (Å²) in [6, 6.07) is 7.93. The molecule has 114 valence electrons. The average Bonchev–Trinajstić information content (AvgIpc) is 2.53. The van der Waals surface area contributed by atoms with E-state index < -0.39 is 0 Å². The highest BCUT2D eigenvalue weighted by molar-refractivity contribution is 5.93. The second-order valence-corrected chi connectivity index (χ2v) is 5.36. The van der Waals surface area contributed by atoms with Crippen LogP contribution < -0.4 is 15.4 Å². The molecular weight excluding hydrogens is 264 g/mol. The zero-order valence-electron chi connectivity index (χ0n) is 12.4. The number of amides is 1. The van der Waals surface area contributed by atoms with Crippen LogP contribution in [0.1, 0.15) is 32.1 Å². The predicted octanol–water partition coefficient (Wildman–Crippen LogP) is 3.11. The lowest BCUT2D eigenvalue weighted by Gasteiger charge is -2.22. The molecule has 4 heteroatoms. The highest BCUT2D eigenvalue weighted by atomic mass is 16.5. The summed E-state index contributed by atoms with van der Waals surface area (Å²) < 4.78 is 5.53. The lowest BCUT2D eigenvalue weighted by molar-refractivity contribution is -0.115. The highest BCUT2D eigenvalue weighted by Gasteiger charge is 2.14. The quantitative estimate of drug-likeness (QED) is 0.758. The summed E-state index contributed by atoms with van der Waals surface area (Å²) in [6.45, 7) is 4.40. The molecule has 0 unspecified atom stereocenters. The van der Waals surface area contributed by atoms with Gasteiger partial charge < -0.3 is 15.4 Å². The van der Waals surface area contributed by atoms with E-state index in [-0.39, 0.29) is 5.91 Å². The predicted molar refractivity (Wildman–Crippen MR) is 85.6 cm³/mol. The van der Waals surface area contributed by atoms with E-state index in [4.69, 9.17) is 4.74 Å². The number of ether oxygens (including phenoxy) is 1. The molecule has 1 aliphatic rings. The Morgan fingerprint density at radius 2 is 2.05 bits per heavy atom. The van der Waals surface area contributed by atoms with Gasteiger partial charge in [0.15, 0.2) is 0 Å². The number of hydrogen-bond acceptors (Lipinski definition) is 3. The van der Waals surface area contributed by atoms with E-state index in [1.165, 1.54) is 32.1 Å². The van der Waals surface area contributed by atoms with E-state index in [0.717, 1.165) is 0 Å². The van der Waals surface area contributed by atoms with Crippen LogP contribution in [0.3, 0.4) is 0 Å². The SMILES string of the molecule is C=CCOc1ccccc1NC(=O)CNC1CCCCC1. The van der Waals surface area contributed by atoms with Gasteiger partial charge in [-0.15, -0.1) is 0 Å². The van der Waals surface area contributed by atoms with Gasteiger partial charge in [-0.2, -0.15) is 0 Å². The molecular formula is C17H24N2O2. The molecule has 0 aromatic heterocycles. The van der Waals surface area contributed by atoms with E-state index >= 15 is 0 Å². The standard InChI is InChI=1S/C17H24N2O2/c1-2-12-21-16-11-7-6-10-15(16)19-17(20)13-18-14-8-4-3-5-9-14/h2,6-7,10-11,14,18H,1,3-5,8-9,12-13H2,(H,19,20). The first-order chi connectivity index (χ1) is 10.3. The molecule has 21 heavy (non-hydrogen) atoms. The molecule has 0 saturated heterocycles. The van der Waals surface area contributed by atoms with E-state index in [9.17, 15) is 4.79 Å². The fraction of sp³-hybridized carbons (Fsp3) is 0.471. The van der Waals surface area contributed by atoms with Crippen molar-refractivity contribution in [3.8, 4) is 5.75 Å². The minimum absolute atomic E-state index is 0.0322. The molecule has 0 bridgehead atoms. The number of hydrogen-bond donors (Lipinski definition) is 2. The van der Waals surface area contributed by atoms with Gasteiger partial charge in [0.05, 0.1) is 12.2 Å². The maximum atomic E-state index is 12.0. The lowest BCUT2D eigenvalue weighted by Crippen LogP contribution is -2.37. The van der Waals surface area contributed by atoms with Crippen LogP contribution in [0.2, 0.25) is 0 Å². The normalized spacial score (nSPS) is 15.4. The monoisotopic (exact) mass is 288 g/mol. The first kappa shape index (κ1) is 15.6. The van der Waals surface area contributed by atoms with Crippen LogP contribution in [0, 0.1) is 0 Å². The lowest BCUT2D eigenvalue weighted by atomic mass is 9.95. The summed E-state index contributed by atoms with van der Waals surface area (Å²) in [5.41, 5.74) is 0.704. The summed E-state index contributed by atoms with van der Waals surface area (Å²) >= 11 is 0. The van der Waals surface area contributed by atoms with Gasteiger partial charge in [0.1, 0.15) is 12.4 Å². The van der Waals surface area contributed by atoms with Crippen LogP contribution in [0.25, 0.3) is 0 Å². The zero-order valence-corrected chi connectivity index (χ0v) is 12.4. The second-order valence-electron chi connectivity index (χ2n) is 5.36. The molecule has 0 radical (unpaired) electrons. The Morgan fingerprint density at radius 3 is 2.81 bits per heavy atom. The Morgan fingerprint density at radius 1 is 1.29 bits per heavy atom. The smallest absolute Gasteiger partial charge is 0.238 e. The van der Waals surface area contributed by atoms with Crippen molar-refractivity contribution in [1.29, 1.82) is 0 Å². The van der Waals surface area contributed by atoms with Crippen molar-refractivity contribution in [2.24, 2.45) is 0 Å². The molecule has 0 spiro atoms. The minimum atomic E-state index is -0.0322. The summed E-state index contributed by atoms with van der Waals surface area (Å²) in [6.07, 6.45) is 7.87. The van der Waals surface area contributed by atoms with Crippen LogP contribution in [0.4, 0.5) is 5.69 Å². The van der Waals surface area contributed by atoms with E-state index in [2.05, 4.69) is 17.2 Å². The van der Waals surface area contributed by atoms with E-state index in [0.29, 0.717) is 30.6 Å². The van der Waals surface area contributed by atoms with Gasteiger partial charge in [0.25, 0.3) is 0 Å². The molecule has 1 fully saturated rings. The van der Waals surface area contributed by atoms with Gasteiger partial charge in [0.2, 0.25) is 5.91 Å². The Labute approximate surface area is 126 Å². The maximum Gasteiger partial charge on any atom is 0.238 e. The molecule has 1 aromatic rings. The minimum Gasteiger partial charge on any atom is -0.487 e. The van der Waals surface area contributed by atoms with Gasteiger partial charge in [0, 0.05) is 6.04 Å². The van der Waals surface area contributed by atoms with Crippen LogP contribution in [0.15, 0.2) is 36.9 Å². The summed E-state index contributed by atoms with van der Waals surface area (Å²) in [5, 5.41) is 6.23. The van der Waals surface area contributed by atoms with Crippen LogP contribution in [0.5, 0.6) is 5.75 Å². The van der Waals surface area contributed by atoms with Crippen LogP contribution in [-0.2, 0) is 4.79 Å². The van der Waals surface area contributed by atoms with Crippen LogP contribution in [-0.4, -0.2) is 25.1 Å². The number of anilines is 1. The molecule has 0 heterocycles. The molecule has 1 aromatic carbocycles. The third-order valence-corrected chi connectivity index (χ3v) is 3.67. The molecule has 0 atom stereocenters. The Kier molecular flexibility index (Phi) is 6.28. The highest BCUT2D eigenvalue weighted by Crippen LogP contribution is 2.23. The summed E-state index contributed by atoms with van der Waals surface area (Å²) in [7, 11) is 0. The van der Waals surface area contributed by atoms with Gasteiger partial charge in [-0.25, -0.2) is 0 Å². The number of nitrogens with one attached hydrogen (secondary N) is 2. The fourth-order valence-corrected chi connectivity index (χ4v) is 2.58. The Balaban J connectivity index is 1.82. The van der Waals surface area contributed by atoms with Crippen molar-refractivity contribution in [3.63, 3.8) is 0 Å². The van der Waals surface area contributed by atoms with Crippen molar-refractivity contribution in [3.05, 3.63) is 36.9 Å². The van der Waals surface area contributed by atoms with Gasteiger partial charge >= 0.3 is 0 Å². The third-order valence-electron chi connectivity index (χ3n) is 3.67. The molecule has 4 nitrogen and oxygen atoms in total. The zero-order chi connectivity index (χ0) is 14.9. The number of benzene rings is 1. The number of para-hydroxylation sites is 2. The summed E-state index contributed by atoms with van der Waals surface area (Å²) in [5.74, 6) is 0.638. The largest absolute Gasteiger partial charge is 0.487 e. The first-order valence-corrected chi connectivity index (χ1v) is 7.65. The van der Waals surface area contributed by atoms with E-state index in [1.54, 1.807) is 6.08 Å². The first-order valence-electron chi connectivity index (χ1n) is 7.65. The van der Waals surface area contributed by atoms with Gasteiger partial charge in [-0.05, 0) is 25.0 Å². The Hall–Kier alpha value is -1.81. The van der Waals surface area contributed by atoms with Crippen molar-refractivity contribution in [2.45, 2.75) is 38.1 Å². The van der Waals surface area contributed by atoms with Crippen molar-refractivity contribution < 1.29 is 9.53 Å². The molecule has 2 rings (SSSR count). The molecule has 0 aliphatic heterocycles. The number of rotatable bonds is 7. The number of carbonyl (C=O) groups excluding carboxylic acids is 1.